The highest BCUT2D eigenvalue weighted by atomic mass is 16.5. The van der Waals surface area contributed by atoms with Crippen LogP contribution in [0.1, 0.15) is 36.8 Å². The second kappa shape index (κ2) is 5.80. The van der Waals surface area contributed by atoms with Crippen molar-refractivity contribution in [2.75, 3.05) is 0 Å². The number of aromatic nitrogens is 2. The van der Waals surface area contributed by atoms with Crippen LogP contribution in [-0.4, -0.2) is 9.97 Å². The monoisotopic (exact) mass is 257 g/mol. The smallest absolute Gasteiger partial charge is 0.222 e. The fourth-order valence-electron chi connectivity index (χ4n) is 1.73. The molecule has 1 heterocycles. The van der Waals surface area contributed by atoms with Gasteiger partial charge in [-0.25, -0.2) is 4.98 Å². The Hall–Kier alpha value is -1.94. The van der Waals surface area contributed by atoms with Crippen LogP contribution in [0.4, 0.5) is 0 Å². The molecular weight excluding hydrogens is 238 g/mol. The molecule has 0 unspecified atom stereocenters. The molecule has 100 valence electrons. The Morgan fingerprint density at radius 3 is 2.68 bits per heavy atom. The predicted molar refractivity (Wildman–Crippen MR) is 75.3 cm³/mol. The molecule has 0 amide bonds. The van der Waals surface area contributed by atoms with Crippen molar-refractivity contribution in [1.29, 1.82) is 0 Å². The van der Waals surface area contributed by atoms with Crippen molar-refractivity contribution in [2.45, 2.75) is 33.2 Å². The minimum Gasteiger partial charge on any atom is -0.439 e. The van der Waals surface area contributed by atoms with Gasteiger partial charge in [-0.05, 0) is 24.6 Å². The molecule has 1 aromatic heterocycles. The Labute approximate surface area is 113 Å². The van der Waals surface area contributed by atoms with Gasteiger partial charge in [0.1, 0.15) is 11.6 Å². The van der Waals surface area contributed by atoms with Crippen molar-refractivity contribution in [3.63, 3.8) is 0 Å². The first-order valence-corrected chi connectivity index (χ1v) is 6.41. The van der Waals surface area contributed by atoms with Crippen LogP contribution in [0.15, 0.2) is 30.3 Å². The highest BCUT2D eigenvalue weighted by Gasteiger charge is 2.08. The summed E-state index contributed by atoms with van der Waals surface area (Å²) in [6.07, 6.45) is 0. The lowest BCUT2D eigenvalue weighted by Gasteiger charge is -2.10. The summed E-state index contributed by atoms with van der Waals surface area (Å²) in [5, 5.41) is 0. The number of benzene rings is 1. The van der Waals surface area contributed by atoms with Gasteiger partial charge in [-0.3, -0.25) is 0 Å². The minimum atomic E-state index is 0.276. The molecule has 0 saturated heterocycles. The third kappa shape index (κ3) is 3.51. The number of rotatable bonds is 4. The summed E-state index contributed by atoms with van der Waals surface area (Å²) in [6.45, 7) is 6.56. The van der Waals surface area contributed by atoms with Gasteiger partial charge in [-0.2, -0.15) is 4.98 Å². The zero-order valence-electron chi connectivity index (χ0n) is 11.6. The Balaban J connectivity index is 2.27. The van der Waals surface area contributed by atoms with Gasteiger partial charge >= 0.3 is 0 Å². The second-order valence-electron chi connectivity index (χ2n) is 4.81. The molecule has 0 fully saturated rings. The van der Waals surface area contributed by atoms with E-state index in [4.69, 9.17) is 10.5 Å². The van der Waals surface area contributed by atoms with Gasteiger partial charge in [-0.1, -0.05) is 26.0 Å². The van der Waals surface area contributed by atoms with E-state index >= 15 is 0 Å². The van der Waals surface area contributed by atoms with Crippen LogP contribution in [0.5, 0.6) is 11.6 Å². The van der Waals surface area contributed by atoms with Crippen LogP contribution in [-0.2, 0) is 6.54 Å². The standard InChI is InChI=1S/C15H19N3O/c1-10(2)15-17-11(3)7-14(18-15)19-13-6-4-5-12(8-13)9-16/h4-8,10H,9,16H2,1-3H3. The predicted octanol–water partition coefficient (Wildman–Crippen LogP) is 3.16. The summed E-state index contributed by atoms with van der Waals surface area (Å²) in [7, 11) is 0. The topological polar surface area (TPSA) is 61.0 Å². The molecule has 1 aromatic carbocycles. The van der Waals surface area contributed by atoms with Crippen molar-refractivity contribution in [3.05, 3.63) is 47.4 Å². The normalized spacial score (nSPS) is 10.8. The summed E-state index contributed by atoms with van der Waals surface area (Å²) in [6, 6.07) is 9.55. The van der Waals surface area contributed by atoms with Crippen LogP contribution in [0, 0.1) is 6.92 Å². The van der Waals surface area contributed by atoms with Crippen molar-refractivity contribution >= 4 is 0 Å². The maximum absolute atomic E-state index is 5.79. The molecule has 0 atom stereocenters. The molecule has 0 spiro atoms. The molecule has 0 radical (unpaired) electrons. The Bertz CT molecular complexity index is 567. The van der Waals surface area contributed by atoms with Crippen molar-refractivity contribution in [1.82, 2.24) is 9.97 Å². The van der Waals surface area contributed by atoms with E-state index in [1.807, 2.05) is 37.3 Å². The first-order valence-electron chi connectivity index (χ1n) is 6.41. The summed E-state index contributed by atoms with van der Waals surface area (Å²) in [5.41, 5.74) is 7.56. The molecule has 4 nitrogen and oxygen atoms in total. The molecule has 0 bridgehead atoms. The average Bonchev–Trinajstić information content (AvgIpc) is 2.38. The highest BCUT2D eigenvalue weighted by Crippen LogP contribution is 2.22. The zero-order valence-corrected chi connectivity index (χ0v) is 11.6. The van der Waals surface area contributed by atoms with Gasteiger partial charge < -0.3 is 10.5 Å². The van der Waals surface area contributed by atoms with E-state index in [1.54, 1.807) is 0 Å². The van der Waals surface area contributed by atoms with Crippen LogP contribution in [0.3, 0.4) is 0 Å². The molecule has 0 aliphatic heterocycles. The van der Waals surface area contributed by atoms with Crippen LogP contribution < -0.4 is 10.5 Å². The van der Waals surface area contributed by atoms with Gasteiger partial charge in [0.2, 0.25) is 5.88 Å². The average molecular weight is 257 g/mol. The van der Waals surface area contributed by atoms with Crippen molar-refractivity contribution in [3.8, 4) is 11.6 Å². The number of aryl methyl sites for hydroxylation is 1. The Morgan fingerprint density at radius 2 is 2.00 bits per heavy atom. The van der Waals surface area contributed by atoms with Crippen LogP contribution >= 0.6 is 0 Å². The summed E-state index contributed by atoms with van der Waals surface area (Å²) in [4.78, 5) is 8.82. The van der Waals surface area contributed by atoms with Gasteiger partial charge in [0, 0.05) is 24.2 Å². The summed E-state index contributed by atoms with van der Waals surface area (Å²) in [5.74, 6) is 2.39. The molecular formula is C15H19N3O. The van der Waals surface area contributed by atoms with E-state index < -0.39 is 0 Å². The molecule has 0 aliphatic rings. The van der Waals surface area contributed by atoms with Gasteiger partial charge in [0.05, 0.1) is 0 Å². The van der Waals surface area contributed by atoms with Crippen molar-refractivity contribution < 1.29 is 4.74 Å². The van der Waals surface area contributed by atoms with E-state index in [2.05, 4.69) is 23.8 Å². The van der Waals surface area contributed by atoms with Crippen LogP contribution in [0.2, 0.25) is 0 Å². The van der Waals surface area contributed by atoms with E-state index in [1.165, 1.54) is 0 Å². The zero-order chi connectivity index (χ0) is 13.8. The fourth-order valence-corrected chi connectivity index (χ4v) is 1.73. The third-order valence-electron chi connectivity index (χ3n) is 2.72. The number of nitrogens with two attached hydrogens (primary N) is 1. The SMILES string of the molecule is Cc1cc(Oc2cccc(CN)c2)nc(C(C)C)n1. The quantitative estimate of drug-likeness (QED) is 0.914. The number of ether oxygens (including phenoxy) is 1. The van der Waals surface area contributed by atoms with E-state index in [9.17, 15) is 0 Å². The molecule has 2 aromatic rings. The van der Waals surface area contributed by atoms with Gasteiger partial charge in [-0.15, -0.1) is 0 Å². The molecule has 2 N–H and O–H groups in total. The maximum atomic E-state index is 5.79. The first-order chi connectivity index (χ1) is 9.08. The highest BCUT2D eigenvalue weighted by molar-refractivity contribution is 5.32. The maximum Gasteiger partial charge on any atom is 0.222 e. The van der Waals surface area contributed by atoms with Crippen molar-refractivity contribution in [2.24, 2.45) is 5.73 Å². The van der Waals surface area contributed by atoms with Crippen LogP contribution in [0.25, 0.3) is 0 Å². The Morgan fingerprint density at radius 1 is 1.21 bits per heavy atom. The summed E-state index contributed by atoms with van der Waals surface area (Å²) >= 11 is 0. The molecule has 0 aliphatic carbocycles. The minimum absolute atomic E-state index is 0.276. The first kappa shape index (κ1) is 13.5. The van der Waals surface area contributed by atoms with E-state index in [-0.39, 0.29) is 5.92 Å². The Kier molecular flexibility index (Phi) is 4.12. The lowest BCUT2D eigenvalue weighted by molar-refractivity contribution is 0.455. The van der Waals surface area contributed by atoms with E-state index in [0.717, 1.165) is 22.8 Å². The fraction of sp³-hybridized carbons (Fsp3) is 0.333. The lowest BCUT2D eigenvalue weighted by Crippen LogP contribution is -2.01. The van der Waals surface area contributed by atoms with Gasteiger partial charge in [0.25, 0.3) is 0 Å². The second-order valence-corrected chi connectivity index (χ2v) is 4.81. The molecule has 2 rings (SSSR count). The summed E-state index contributed by atoms with van der Waals surface area (Å²) < 4.78 is 5.79. The number of nitrogens with zero attached hydrogens (tertiary/aromatic N) is 2. The number of hydrogen-bond donors (Lipinski definition) is 1. The third-order valence-corrected chi connectivity index (χ3v) is 2.72. The number of hydrogen-bond acceptors (Lipinski definition) is 4. The molecule has 19 heavy (non-hydrogen) atoms. The van der Waals surface area contributed by atoms with Gasteiger partial charge in [0.15, 0.2) is 0 Å². The molecule has 4 heteroatoms. The van der Waals surface area contributed by atoms with E-state index in [0.29, 0.717) is 12.4 Å². The molecule has 0 saturated carbocycles. The largest absolute Gasteiger partial charge is 0.439 e. The lowest BCUT2D eigenvalue weighted by atomic mass is 10.2.